The maximum absolute atomic E-state index is 12.4. The number of thioether (sulfide) groups is 1. The number of ether oxygens (including phenoxy) is 1. The fraction of sp³-hybridized carbons (Fsp3) is 0.294. The highest BCUT2D eigenvalue weighted by Crippen LogP contribution is 2.34. The average Bonchev–Trinajstić information content (AvgIpc) is 3.16. The molecule has 1 atom stereocenters. The number of benzene rings is 1. The van der Waals surface area contributed by atoms with E-state index < -0.39 is 0 Å². The number of methoxy groups -OCH3 is 1. The van der Waals surface area contributed by atoms with Gasteiger partial charge in [-0.3, -0.25) is 9.59 Å². The van der Waals surface area contributed by atoms with Crippen LogP contribution in [-0.2, 0) is 9.59 Å². The molecule has 0 radical (unpaired) electrons. The smallest absolute Gasteiger partial charge is 0.228 e. The van der Waals surface area contributed by atoms with Gasteiger partial charge in [0.1, 0.15) is 5.75 Å². The van der Waals surface area contributed by atoms with Gasteiger partial charge in [-0.15, -0.1) is 0 Å². The van der Waals surface area contributed by atoms with Gasteiger partial charge in [0.15, 0.2) is 5.12 Å². The Labute approximate surface area is 139 Å². The van der Waals surface area contributed by atoms with Crippen LogP contribution in [0.25, 0.3) is 5.69 Å². The van der Waals surface area contributed by atoms with Crippen LogP contribution < -0.4 is 9.64 Å². The average molecular weight is 330 g/mol. The van der Waals surface area contributed by atoms with Crippen molar-refractivity contribution in [3.63, 3.8) is 0 Å². The first-order chi connectivity index (χ1) is 11.1. The lowest BCUT2D eigenvalue weighted by Crippen LogP contribution is -2.26. The van der Waals surface area contributed by atoms with E-state index in [4.69, 9.17) is 4.74 Å². The first-order valence-corrected chi connectivity index (χ1v) is 8.25. The van der Waals surface area contributed by atoms with Crippen molar-refractivity contribution in [3.05, 3.63) is 42.7 Å². The molecular weight excluding hydrogens is 312 g/mol. The second-order valence-electron chi connectivity index (χ2n) is 5.38. The SMILES string of the molecule is COc1ccc(-n2cccc2)c(N2CC(SC(C)=O)CC2=O)c1. The van der Waals surface area contributed by atoms with Crippen molar-refractivity contribution in [2.45, 2.75) is 18.6 Å². The fourth-order valence-corrected chi connectivity index (χ4v) is 3.70. The monoisotopic (exact) mass is 330 g/mol. The highest BCUT2D eigenvalue weighted by molar-refractivity contribution is 8.14. The van der Waals surface area contributed by atoms with Crippen LogP contribution in [0.3, 0.4) is 0 Å². The second kappa shape index (κ2) is 6.50. The Kier molecular flexibility index (Phi) is 4.43. The van der Waals surface area contributed by atoms with E-state index in [0.29, 0.717) is 18.7 Å². The zero-order valence-corrected chi connectivity index (χ0v) is 13.9. The Balaban J connectivity index is 1.97. The van der Waals surface area contributed by atoms with Crippen LogP contribution in [0.5, 0.6) is 5.75 Å². The molecule has 0 aliphatic carbocycles. The number of nitrogens with zero attached hydrogens (tertiary/aromatic N) is 2. The van der Waals surface area contributed by atoms with Crippen molar-refractivity contribution in [2.24, 2.45) is 0 Å². The third kappa shape index (κ3) is 3.27. The number of amides is 1. The third-order valence-corrected chi connectivity index (χ3v) is 4.76. The standard InChI is InChI=1S/C17H18N2O3S/c1-12(20)23-14-10-17(21)19(11-14)16-9-13(22-2)5-6-15(16)18-7-3-4-8-18/h3-9,14H,10-11H2,1-2H3. The van der Waals surface area contributed by atoms with Gasteiger partial charge in [-0.1, -0.05) is 11.8 Å². The summed E-state index contributed by atoms with van der Waals surface area (Å²) in [5.74, 6) is 0.733. The van der Waals surface area contributed by atoms with E-state index in [0.717, 1.165) is 11.4 Å². The number of rotatable bonds is 4. The Morgan fingerprint density at radius 2 is 2.00 bits per heavy atom. The molecule has 1 unspecified atom stereocenters. The molecule has 1 aromatic heterocycles. The molecule has 0 N–H and O–H groups in total. The molecular formula is C17H18N2O3S. The lowest BCUT2D eigenvalue weighted by molar-refractivity contribution is -0.117. The number of aromatic nitrogens is 1. The van der Waals surface area contributed by atoms with Crippen LogP contribution in [0.1, 0.15) is 13.3 Å². The lowest BCUT2D eigenvalue weighted by Gasteiger charge is -2.21. The summed E-state index contributed by atoms with van der Waals surface area (Å²) < 4.78 is 7.27. The molecule has 0 spiro atoms. The van der Waals surface area contributed by atoms with Crippen molar-refractivity contribution in [1.82, 2.24) is 4.57 Å². The minimum atomic E-state index is 0.00344. The molecule has 0 bridgehead atoms. The van der Waals surface area contributed by atoms with Gasteiger partial charge in [0, 0.05) is 43.6 Å². The Hall–Kier alpha value is -2.21. The molecule has 1 aliphatic heterocycles. The number of hydrogen-bond donors (Lipinski definition) is 0. The van der Waals surface area contributed by atoms with Gasteiger partial charge in [0.2, 0.25) is 5.91 Å². The highest BCUT2D eigenvalue weighted by atomic mass is 32.2. The van der Waals surface area contributed by atoms with E-state index >= 15 is 0 Å². The minimum absolute atomic E-state index is 0.00344. The van der Waals surface area contributed by atoms with Crippen molar-refractivity contribution in [2.75, 3.05) is 18.6 Å². The number of carbonyl (C=O) groups is 2. The zero-order valence-electron chi connectivity index (χ0n) is 13.1. The molecule has 3 rings (SSSR count). The summed E-state index contributed by atoms with van der Waals surface area (Å²) in [5, 5.41) is 0.0460. The first-order valence-electron chi connectivity index (χ1n) is 7.37. The van der Waals surface area contributed by atoms with Crippen molar-refractivity contribution < 1.29 is 14.3 Å². The van der Waals surface area contributed by atoms with E-state index in [2.05, 4.69) is 0 Å². The third-order valence-electron chi connectivity index (χ3n) is 3.78. The number of carbonyl (C=O) groups excluding carboxylic acids is 2. The van der Waals surface area contributed by atoms with E-state index in [1.807, 2.05) is 47.3 Å². The maximum atomic E-state index is 12.4. The molecule has 2 aromatic rings. The van der Waals surface area contributed by atoms with Crippen LogP contribution >= 0.6 is 11.8 Å². The summed E-state index contributed by atoms with van der Waals surface area (Å²) in [6, 6.07) is 9.56. The summed E-state index contributed by atoms with van der Waals surface area (Å²) in [5.41, 5.74) is 1.72. The predicted octanol–water partition coefficient (Wildman–Crippen LogP) is 2.87. The van der Waals surface area contributed by atoms with Gasteiger partial charge >= 0.3 is 0 Å². The Morgan fingerprint density at radius 1 is 1.26 bits per heavy atom. The Bertz CT molecular complexity index is 727. The molecule has 1 fully saturated rings. The van der Waals surface area contributed by atoms with Crippen LogP contribution in [-0.4, -0.2) is 34.5 Å². The van der Waals surface area contributed by atoms with Crippen LogP contribution in [0.2, 0.25) is 0 Å². The molecule has 1 aromatic carbocycles. The zero-order chi connectivity index (χ0) is 16.4. The van der Waals surface area contributed by atoms with Crippen molar-refractivity contribution in [1.29, 1.82) is 0 Å². The molecule has 0 saturated carbocycles. The van der Waals surface area contributed by atoms with E-state index in [9.17, 15) is 9.59 Å². The van der Waals surface area contributed by atoms with E-state index in [1.54, 1.807) is 12.0 Å². The number of anilines is 1. The molecule has 1 amide bonds. The van der Waals surface area contributed by atoms with Crippen LogP contribution in [0.15, 0.2) is 42.7 Å². The highest BCUT2D eigenvalue weighted by Gasteiger charge is 2.33. The van der Waals surface area contributed by atoms with Crippen molar-refractivity contribution >= 4 is 28.5 Å². The van der Waals surface area contributed by atoms with Gasteiger partial charge in [0.05, 0.1) is 18.5 Å². The molecule has 23 heavy (non-hydrogen) atoms. The van der Waals surface area contributed by atoms with Crippen LogP contribution in [0, 0.1) is 0 Å². The molecule has 1 saturated heterocycles. The molecule has 6 heteroatoms. The van der Waals surface area contributed by atoms with Gasteiger partial charge in [0.25, 0.3) is 0 Å². The summed E-state index contributed by atoms with van der Waals surface area (Å²) in [6.07, 6.45) is 4.26. The molecule has 1 aliphatic rings. The summed E-state index contributed by atoms with van der Waals surface area (Å²) in [7, 11) is 1.61. The maximum Gasteiger partial charge on any atom is 0.228 e. The molecule has 5 nitrogen and oxygen atoms in total. The Morgan fingerprint density at radius 3 is 2.65 bits per heavy atom. The van der Waals surface area contributed by atoms with Crippen LogP contribution in [0.4, 0.5) is 5.69 Å². The molecule has 2 heterocycles. The van der Waals surface area contributed by atoms with Gasteiger partial charge in [-0.2, -0.15) is 0 Å². The largest absolute Gasteiger partial charge is 0.497 e. The summed E-state index contributed by atoms with van der Waals surface area (Å²) >= 11 is 1.24. The van der Waals surface area contributed by atoms with Gasteiger partial charge in [-0.25, -0.2) is 0 Å². The lowest BCUT2D eigenvalue weighted by atomic mass is 10.2. The van der Waals surface area contributed by atoms with Gasteiger partial charge < -0.3 is 14.2 Å². The normalized spacial score (nSPS) is 17.6. The summed E-state index contributed by atoms with van der Waals surface area (Å²) in [6.45, 7) is 2.07. The van der Waals surface area contributed by atoms with Crippen molar-refractivity contribution in [3.8, 4) is 11.4 Å². The second-order valence-corrected chi connectivity index (χ2v) is 6.86. The minimum Gasteiger partial charge on any atom is -0.497 e. The predicted molar refractivity (Wildman–Crippen MR) is 91.4 cm³/mol. The quantitative estimate of drug-likeness (QED) is 0.865. The molecule has 120 valence electrons. The topological polar surface area (TPSA) is 51.5 Å². The van der Waals surface area contributed by atoms with E-state index in [1.165, 1.54) is 18.7 Å². The first kappa shape index (κ1) is 15.7. The fourth-order valence-electron chi connectivity index (χ4n) is 2.78. The summed E-state index contributed by atoms with van der Waals surface area (Å²) in [4.78, 5) is 25.5. The number of hydrogen-bond acceptors (Lipinski definition) is 4. The van der Waals surface area contributed by atoms with E-state index in [-0.39, 0.29) is 16.3 Å². The van der Waals surface area contributed by atoms with Gasteiger partial charge in [-0.05, 0) is 24.3 Å².